The van der Waals surface area contributed by atoms with E-state index in [9.17, 15) is 26.7 Å². The van der Waals surface area contributed by atoms with Crippen molar-refractivity contribution in [1.29, 1.82) is 0 Å². The highest BCUT2D eigenvalue weighted by molar-refractivity contribution is 9.10. The Kier molecular flexibility index (Phi) is 6.46. The van der Waals surface area contributed by atoms with Gasteiger partial charge in [0.1, 0.15) is 16.9 Å². The van der Waals surface area contributed by atoms with Crippen molar-refractivity contribution in [3.05, 3.63) is 51.5 Å². The fourth-order valence-electron chi connectivity index (χ4n) is 2.26. The average molecular weight is 483 g/mol. The summed E-state index contributed by atoms with van der Waals surface area (Å²) in [5.41, 5.74) is -2.44. The lowest BCUT2D eigenvalue weighted by Crippen LogP contribution is -2.24. The standard InChI is InChI=1S/C19H16BrF5O4/c1-18(2,3)29-17(26)14-10(20)7-9(19(23,24)25)8-13(14)28-12-6-5-11(21)15(22)16(12)27-4/h5-8H,1-4H3. The van der Waals surface area contributed by atoms with E-state index in [0.29, 0.717) is 18.2 Å². The second kappa shape index (κ2) is 8.17. The summed E-state index contributed by atoms with van der Waals surface area (Å²) >= 11 is 2.93. The Bertz CT molecular complexity index is 936. The molecule has 0 N–H and O–H groups in total. The van der Waals surface area contributed by atoms with Gasteiger partial charge in [0.2, 0.25) is 11.6 Å². The Balaban J connectivity index is 2.66. The largest absolute Gasteiger partial charge is 0.490 e. The molecule has 0 bridgehead atoms. The van der Waals surface area contributed by atoms with Crippen LogP contribution in [-0.2, 0) is 10.9 Å². The van der Waals surface area contributed by atoms with Crippen molar-refractivity contribution in [3.8, 4) is 17.2 Å². The quantitative estimate of drug-likeness (QED) is 0.368. The molecule has 10 heteroatoms. The molecule has 0 aliphatic rings. The third-order valence-corrected chi connectivity index (χ3v) is 4.05. The van der Waals surface area contributed by atoms with Crippen molar-refractivity contribution in [1.82, 2.24) is 0 Å². The van der Waals surface area contributed by atoms with Crippen LogP contribution < -0.4 is 9.47 Å². The number of esters is 1. The number of hydrogen-bond donors (Lipinski definition) is 0. The lowest BCUT2D eigenvalue weighted by molar-refractivity contribution is -0.137. The molecule has 2 rings (SSSR count). The summed E-state index contributed by atoms with van der Waals surface area (Å²) in [7, 11) is 1.03. The predicted octanol–water partition coefficient (Wildman–Crippen LogP) is 6.50. The van der Waals surface area contributed by atoms with Crippen molar-refractivity contribution in [3.63, 3.8) is 0 Å². The molecule has 0 spiro atoms. The normalized spacial score (nSPS) is 11.9. The molecule has 4 nitrogen and oxygen atoms in total. The first kappa shape index (κ1) is 22.9. The lowest BCUT2D eigenvalue weighted by Gasteiger charge is -2.22. The van der Waals surface area contributed by atoms with Crippen molar-refractivity contribution >= 4 is 21.9 Å². The van der Waals surface area contributed by atoms with E-state index in [1.807, 2.05) is 0 Å². The molecule has 2 aromatic rings. The van der Waals surface area contributed by atoms with Gasteiger partial charge in [-0.15, -0.1) is 0 Å². The van der Waals surface area contributed by atoms with Crippen molar-refractivity contribution in [2.75, 3.05) is 7.11 Å². The van der Waals surface area contributed by atoms with Crippen LogP contribution in [0.15, 0.2) is 28.7 Å². The topological polar surface area (TPSA) is 44.8 Å². The monoisotopic (exact) mass is 482 g/mol. The summed E-state index contributed by atoms with van der Waals surface area (Å²) in [6.45, 7) is 4.71. The Morgan fingerprint density at radius 3 is 2.17 bits per heavy atom. The first-order valence-electron chi connectivity index (χ1n) is 8.08. The maximum atomic E-state index is 13.9. The van der Waals surface area contributed by atoms with Crippen LogP contribution in [-0.4, -0.2) is 18.7 Å². The molecule has 2 aromatic carbocycles. The van der Waals surface area contributed by atoms with Gasteiger partial charge in [-0.1, -0.05) is 0 Å². The van der Waals surface area contributed by atoms with Crippen molar-refractivity contribution < 1.29 is 41.0 Å². The van der Waals surface area contributed by atoms with Gasteiger partial charge >= 0.3 is 12.1 Å². The van der Waals surface area contributed by atoms with Crippen LogP contribution in [0.25, 0.3) is 0 Å². The van der Waals surface area contributed by atoms with E-state index >= 15 is 0 Å². The minimum absolute atomic E-state index is 0.252. The molecule has 0 unspecified atom stereocenters. The van der Waals surface area contributed by atoms with Crippen LogP contribution in [0.5, 0.6) is 17.2 Å². The highest BCUT2D eigenvalue weighted by atomic mass is 79.9. The smallest absolute Gasteiger partial charge is 0.416 e. The highest BCUT2D eigenvalue weighted by Gasteiger charge is 2.34. The van der Waals surface area contributed by atoms with E-state index < -0.39 is 52.2 Å². The van der Waals surface area contributed by atoms with E-state index in [0.717, 1.165) is 13.2 Å². The number of halogens is 6. The van der Waals surface area contributed by atoms with Gasteiger partial charge in [0, 0.05) is 4.47 Å². The molecule has 0 amide bonds. The predicted molar refractivity (Wildman–Crippen MR) is 97.3 cm³/mol. The molecule has 0 heterocycles. The molecule has 29 heavy (non-hydrogen) atoms. The molecule has 0 aromatic heterocycles. The van der Waals surface area contributed by atoms with Gasteiger partial charge < -0.3 is 14.2 Å². The number of alkyl halides is 3. The van der Waals surface area contributed by atoms with E-state index in [4.69, 9.17) is 14.2 Å². The minimum atomic E-state index is -4.76. The summed E-state index contributed by atoms with van der Waals surface area (Å²) in [6.07, 6.45) is -4.76. The van der Waals surface area contributed by atoms with Crippen molar-refractivity contribution in [2.24, 2.45) is 0 Å². The van der Waals surface area contributed by atoms with E-state index in [-0.39, 0.29) is 10.0 Å². The van der Waals surface area contributed by atoms with Gasteiger partial charge in [0.25, 0.3) is 0 Å². The van der Waals surface area contributed by atoms with E-state index in [2.05, 4.69) is 15.9 Å². The van der Waals surface area contributed by atoms with E-state index in [1.54, 1.807) is 20.8 Å². The summed E-state index contributed by atoms with van der Waals surface area (Å²) in [5, 5.41) is 0. The number of benzene rings is 2. The number of methoxy groups -OCH3 is 1. The molecular weight excluding hydrogens is 467 g/mol. The molecule has 0 radical (unpaired) electrons. The first-order valence-corrected chi connectivity index (χ1v) is 8.88. The number of ether oxygens (including phenoxy) is 3. The van der Waals surface area contributed by atoms with E-state index in [1.165, 1.54) is 0 Å². The second-order valence-electron chi connectivity index (χ2n) is 6.83. The zero-order valence-electron chi connectivity index (χ0n) is 15.7. The summed E-state index contributed by atoms with van der Waals surface area (Å²) in [6, 6.07) is 2.92. The molecule has 158 valence electrons. The second-order valence-corrected chi connectivity index (χ2v) is 7.68. The van der Waals surface area contributed by atoms with Gasteiger partial charge in [-0.25, -0.2) is 9.18 Å². The molecular formula is C19H16BrF5O4. The molecule has 0 aliphatic heterocycles. The fourth-order valence-corrected chi connectivity index (χ4v) is 2.86. The summed E-state index contributed by atoms with van der Waals surface area (Å²) in [5.74, 6) is -5.29. The molecule has 0 saturated carbocycles. The van der Waals surface area contributed by atoms with Gasteiger partial charge in [-0.3, -0.25) is 0 Å². The van der Waals surface area contributed by atoms with Crippen LogP contribution in [0.2, 0.25) is 0 Å². The highest BCUT2D eigenvalue weighted by Crippen LogP contribution is 2.42. The third kappa shape index (κ3) is 5.37. The van der Waals surface area contributed by atoms with Crippen LogP contribution in [0, 0.1) is 11.6 Å². The fraction of sp³-hybridized carbons (Fsp3) is 0.316. The van der Waals surface area contributed by atoms with Gasteiger partial charge in [-0.05, 0) is 61.0 Å². The Morgan fingerprint density at radius 1 is 1.03 bits per heavy atom. The first-order chi connectivity index (χ1) is 13.2. The van der Waals surface area contributed by atoms with Crippen LogP contribution in [0.1, 0.15) is 36.7 Å². The maximum absolute atomic E-state index is 13.9. The van der Waals surface area contributed by atoms with Crippen LogP contribution >= 0.6 is 15.9 Å². The van der Waals surface area contributed by atoms with Crippen LogP contribution in [0.3, 0.4) is 0 Å². The van der Waals surface area contributed by atoms with Crippen molar-refractivity contribution in [2.45, 2.75) is 32.5 Å². The lowest BCUT2D eigenvalue weighted by atomic mass is 10.1. The SMILES string of the molecule is COc1c(Oc2cc(C(F)(F)F)cc(Br)c2C(=O)OC(C)(C)C)ccc(F)c1F. The zero-order chi connectivity index (χ0) is 22.1. The Hall–Kier alpha value is -2.36. The summed E-state index contributed by atoms with van der Waals surface area (Å²) < 4.78 is 82.1. The maximum Gasteiger partial charge on any atom is 0.416 e. The van der Waals surface area contributed by atoms with Gasteiger partial charge in [-0.2, -0.15) is 17.6 Å². The number of hydrogen-bond acceptors (Lipinski definition) is 4. The number of rotatable bonds is 4. The Morgan fingerprint density at radius 2 is 1.66 bits per heavy atom. The minimum Gasteiger partial charge on any atom is -0.490 e. The zero-order valence-corrected chi connectivity index (χ0v) is 17.3. The Labute approximate surface area is 171 Å². The average Bonchev–Trinajstić information content (AvgIpc) is 2.55. The number of carbonyl (C=O) groups excluding carboxylic acids is 1. The molecule has 0 atom stereocenters. The third-order valence-electron chi connectivity index (χ3n) is 3.42. The van der Waals surface area contributed by atoms with Crippen LogP contribution in [0.4, 0.5) is 22.0 Å². The van der Waals surface area contributed by atoms with Gasteiger partial charge in [0.05, 0.1) is 12.7 Å². The number of carbonyl (C=O) groups is 1. The molecule has 0 fully saturated rings. The van der Waals surface area contributed by atoms with Gasteiger partial charge in [0.15, 0.2) is 11.6 Å². The molecule has 0 saturated heterocycles. The molecule has 0 aliphatic carbocycles. The summed E-state index contributed by atoms with van der Waals surface area (Å²) in [4.78, 5) is 12.5.